The molecule has 2 amide bonds. The van der Waals surface area contributed by atoms with Gasteiger partial charge in [0.15, 0.2) is 0 Å². The van der Waals surface area contributed by atoms with E-state index in [9.17, 15) is 9.90 Å². The first-order valence-corrected chi connectivity index (χ1v) is 5.54. The van der Waals surface area contributed by atoms with Gasteiger partial charge in [0, 0.05) is 18.5 Å². The predicted octanol–water partition coefficient (Wildman–Crippen LogP) is 0.828. The average Bonchev–Trinajstić information content (AvgIpc) is 2.18. The van der Waals surface area contributed by atoms with Gasteiger partial charge in [-0.25, -0.2) is 4.79 Å². The van der Waals surface area contributed by atoms with Crippen LogP contribution in [0.4, 0.5) is 4.79 Å². The molecule has 0 heterocycles. The predicted molar refractivity (Wildman–Crippen MR) is 55.5 cm³/mol. The molecular weight excluding hydrogens is 204 g/mol. The highest BCUT2D eigenvalue weighted by Crippen LogP contribution is 2.17. The molecule has 82 valence electrons. The molecule has 1 saturated carbocycles. The molecule has 0 radical (unpaired) electrons. The van der Waals surface area contributed by atoms with Crippen molar-refractivity contribution in [1.29, 1.82) is 0 Å². The first-order chi connectivity index (χ1) is 6.72. The van der Waals surface area contributed by atoms with Gasteiger partial charge in [0.05, 0.1) is 6.10 Å². The highest BCUT2D eigenvalue weighted by atomic mass is 35.5. The standard InChI is InChI=1S/C9H17ClN2O2/c10-5-6-11-9(14)12-7-1-3-8(13)4-2-7/h7-8,13H,1-6H2,(H2,11,12,14). The lowest BCUT2D eigenvalue weighted by atomic mass is 9.93. The number of aliphatic hydroxyl groups is 1. The summed E-state index contributed by atoms with van der Waals surface area (Å²) in [5.74, 6) is 0.427. The van der Waals surface area contributed by atoms with Crippen LogP contribution in [0.5, 0.6) is 0 Å². The minimum atomic E-state index is -0.182. The minimum Gasteiger partial charge on any atom is -0.393 e. The van der Waals surface area contributed by atoms with E-state index in [-0.39, 0.29) is 18.2 Å². The summed E-state index contributed by atoms with van der Waals surface area (Å²) in [5.41, 5.74) is 0. The average molecular weight is 221 g/mol. The topological polar surface area (TPSA) is 61.4 Å². The van der Waals surface area contributed by atoms with E-state index in [1.807, 2.05) is 0 Å². The Balaban J connectivity index is 2.14. The third-order valence-electron chi connectivity index (χ3n) is 2.41. The normalized spacial score (nSPS) is 27.0. The maximum atomic E-state index is 11.2. The molecule has 1 fully saturated rings. The molecule has 0 aromatic rings. The second-order valence-electron chi connectivity index (χ2n) is 3.59. The van der Waals surface area contributed by atoms with Crippen LogP contribution in [0.1, 0.15) is 25.7 Å². The highest BCUT2D eigenvalue weighted by molar-refractivity contribution is 6.18. The van der Waals surface area contributed by atoms with Crippen molar-refractivity contribution in [3.63, 3.8) is 0 Å². The molecule has 1 aliphatic carbocycles. The number of hydrogen-bond donors (Lipinski definition) is 3. The Morgan fingerprint density at radius 1 is 1.36 bits per heavy atom. The smallest absolute Gasteiger partial charge is 0.315 e. The van der Waals surface area contributed by atoms with Crippen LogP contribution in [0.25, 0.3) is 0 Å². The Kier molecular flexibility index (Phi) is 5.04. The quantitative estimate of drug-likeness (QED) is 0.617. The lowest BCUT2D eigenvalue weighted by Crippen LogP contribution is -2.44. The SMILES string of the molecule is O=C(NCCCl)NC1CCC(O)CC1. The van der Waals surface area contributed by atoms with E-state index >= 15 is 0 Å². The van der Waals surface area contributed by atoms with E-state index in [1.165, 1.54) is 0 Å². The molecule has 0 aliphatic heterocycles. The second kappa shape index (κ2) is 6.09. The molecule has 14 heavy (non-hydrogen) atoms. The number of halogens is 1. The summed E-state index contributed by atoms with van der Waals surface area (Å²) < 4.78 is 0. The maximum absolute atomic E-state index is 11.2. The summed E-state index contributed by atoms with van der Waals surface area (Å²) in [4.78, 5) is 11.2. The fourth-order valence-corrected chi connectivity index (χ4v) is 1.71. The lowest BCUT2D eigenvalue weighted by Gasteiger charge is -2.26. The summed E-state index contributed by atoms with van der Waals surface area (Å²) in [6.45, 7) is 0.489. The van der Waals surface area contributed by atoms with Crippen LogP contribution in [-0.2, 0) is 0 Å². The van der Waals surface area contributed by atoms with Gasteiger partial charge < -0.3 is 15.7 Å². The molecule has 0 atom stereocenters. The van der Waals surface area contributed by atoms with E-state index in [0.29, 0.717) is 12.4 Å². The van der Waals surface area contributed by atoms with Crippen molar-refractivity contribution >= 4 is 17.6 Å². The van der Waals surface area contributed by atoms with Crippen LogP contribution in [0.3, 0.4) is 0 Å². The molecular formula is C9H17ClN2O2. The van der Waals surface area contributed by atoms with Crippen molar-refractivity contribution in [2.45, 2.75) is 37.8 Å². The lowest BCUT2D eigenvalue weighted by molar-refractivity contribution is 0.117. The Bertz CT molecular complexity index is 182. The van der Waals surface area contributed by atoms with Crippen molar-refractivity contribution in [2.75, 3.05) is 12.4 Å². The molecule has 1 aliphatic rings. The summed E-state index contributed by atoms with van der Waals surface area (Å²) in [6.07, 6.45) is 3.09. The Hall–Kier alpha value is -0.480. The molecule has 0 saturated heterocycles. The van der Waals surface area contributed by atoms with Gasteiger partial charge in [-0.2, -0.15) is 0 Å². The molecule has 0 unspecified atom stereocenters. The number of carbonyl (C=O) groups is 1. The maximum Gasteiger partial charge on any atom is 0.315 e. The van der Waals surface area contributed by atoms with Crippen LogP contribution in [0.2, 0.25) is 0 Å². The first-order valence-electron chi connectivity index (χ1n) is 5.00. The molecule has 4 nitrogen and oxygen atoms in total. The molecule has 0 spiro atoms. The van der Waals surface area contributed by atoms with Crippen molar-refractivity contribution in [1.82, 2.24) is 10.6 Å². The number of carbonyl (C=O) groups excluding carboxylic acids is 1. The van der Waals surface area contributed by atoms with Gasteiger partial charge in [-0.15, -0.1) is 11.6 Å². The van der Waals surface area contributed by atoms with E-state index in [0.717, 1.165) is 25.7 Å². The molecule has 0 aromatic carbocycles. The first kappa shape index (κ1) is 11.6. The van der Waals surface area contributed by atoms with Gasteiger partial charge in [0.25, 0.3) is 0 Å². The van der Waals surface area contributed by atoms with Gasteiger partial charge in [-0.05, 0) is 25.7 Å². The molecule has 3 N–H and O–H groups in total. The number of rotatable bonds is 3. The number of nitrogens with one attached hydrogen (secondary N) is 2. The zero-order valence-electron chi connectivity index (χ0n) is 8.13. The minimum absolute atomic E-state index is 0.160. The van der Waals surface area contributed by atoms with Crippen molar-refractivity contribution in [2.24, 2.45) is 0 Å². The van der Waals surface area contributed by atoms with Gasteiger partial charge in [0.1, 0.15) is 0 Å². The van der Waals surface area contributed by atoms with Crippen LogP contribution in [0, 0.1) is 0 Å². The third kappa shape index (κ3) is 4.15. The Labute approximate surface area is 89.0 Å². The molecule has 1 rings (SSSR count). The summed E-state index contributed by atoms with van der Waals surface area (Å²) in [5, 5.41) is 14.8. The van der Waals surface area contributed by atoms with Crippen molar-refractivity contribution < 1.29 is 9.90 Å². The molecule has 5 heteroatoms. The van der Waals surface area contributed by atoms with Gasteiger partial charge in [-0.3, -0.25) is 0 Å². The number of aliphatic hydroxyl groups excluding tert-OH is 1. The number of alkyl halides is 1. The number of hydrogen-bond acceptors (Lipinski definition) is 2. The van der Waals surface area contributed by atoms with Crippen LogP contribution in [0.15, 0.2) is 0 Å². The zero-order chi connectivity index (χ0) is 10.4. The van der Waals surface area contributed by atoms with Crippen molar-refractivity contribution in [3.8, 4) is 0 Å². The van der Waals surface area contributed by atoms with E-state index in [2.05, 4.69) is 10.6 Å². The van der Waals surface area contributed by atoms with E-state index in [1.54, 1.807) is 0 Å². The van der Waals surface area contributed by atoms with E-state index in [4.69, 9.17) is 11.6 Å². The van der Waals surface area contributed by atoms with Gasteiger partial charge >= 0.3 is 6.03 Å². The van der Waals surface area contributed by atoms with Crippen LogP contribution >= 0.6 is 11.6 Å². The fraction of sp³-hybridized carbons (Fsp3) is 0.889. The van der Waals surface area contributed by atoms with Gasteiger partial charge in [-0.1, -0.05) is 0 Å². The molecule has 0 aromatic heterocycles. The monoisotopic (exact) mass is 220 g/mol. The molecule has 0 bridgehead atoms. The van der Waals surface area contributed by atoms with Gasteiger partial charge in [0.2, 0.25) is 0 Å². The second-order valence-corrected chi connectivity index (χ2v) is 3.97. The Morgan fingerprint density at radius 2 is 2.00 bits per heavy atom. The summed E-state index contributed by atoms with van der Waals surface area (Å²) >= 11 is 5.43. The zero-order valence-corrected chi connectivity index (χ0v) is 8.89. The van der Waals surface area contributed by atoms with Crippen LogP contribution in [-0.4, -0.2) is 35.7 Å². The van der Waals surface area contributed by atoms with E-state index < -0.39 is 0 Å². The largest absolute Gasteiger partial charge is 0.393 e. The Morgan fingerprint density at radius 3 is 2.57 bits per heavy atom. The van der Waals surface area contributed by atoms with Crippen LogP contribution < -0.4 is 10.6 Å². The summed E-state index contributed by atoms with van der Waals surface area (Å²) in [7, 11) is 0. The summed E-state index contributed by atoms with van der Waals surface area (Å²) in [6, 6.07) is 0.0424. The van der Waals surface area contributed by atoms with Crippen molar-refractivity contribution in [3.05, 3.63) is 0 Å². The third-order valence-corrected chi connectivity index (χ3v) is 2.60. The number of amides is 2. The highest BCUT2D eigenvalue weighted by Gasteiger charge is 2.20. The number of urea groups is 1. The fourth-order valence-electron chi connectivity index (χ4n) is 1.62.